The van der Waals surface area contributed by atoms with E-state index in [1.165, 1.54) is 42.5 Å². The average Bonchev–Trinajstić information content (AvgIpc) is 2.82. The van der Waals surface area contributed by atoms with Crippen LogP contribution < -0.4 is 4.90 Å². The van der Waals surface area contributed by atoms with Crippen molar-refractivity contribution >= 4 is 46.3 Å². The molecule has 0 unspecified atom stereocenters. The molecule has 0 atom stereocenters. The molecule has 0 saturated carbocycles. The SMILES string of the molecule is O=C1S/C(=C/c2ccccc2C(F)(F)F)C(=O)N1c1ccc(Cl)cc1. The molecule has 0 N–H and O–H groups in total. The maximum absolute atomic E-state index is 13.1. The highest BCUT2D eigenvalue weighted by molar-refractivity contribution is 8.19. The quantitative estimate of drug-likeness (QED) is 0.633. The number of imide groups is 1. The van der Waals surface area contributed by atoms with Crippen molar-refractivity contribution in [2.45, 2.75) is 6.18 Å². The Morgan fingerprint density at radius 1 is 1.00 bits per heavy atom. The van der Waals surface area contributed by atoms with Crippen molar-refractivity contribution in [2.24, 2.45) is 0 Å². The van der Waals surface area contributed by atoms with Gasteiger partial charge in [-0.2, -0.15) is 13.2 Å². The smallest absolute Gasteiger partial charge is 0.268 e. The Bertz CT molecular complexity index is 878. The second-order valence-electron chi connectivity index (χ2n) is 5.08. The number of anilines is 1. The maximum atomic E-state index is 13.1. The van der Waals surface area contributed by atoms with Crippen LogP contribution in [-0.2, 0) is 11.0 Å². The molecule has 0 aliphatic carbocycles. The molecule has 2 aromatic rings. The van der Waals surface area contributed by atoms with Gasteiger partial charge in [0.15, 0.2) is 0 Å². The fourth-order valence-electron chi connectivity index (χ4n) is 2.30. The third-order valence-electron chi connectivity index (χ3n) is 3.43. The minimum Gasteiger partial charge on any atom is -0.268 e. The number of carbonyl (C=O) groups is 2. The highest BCUT2D eigenvalue weighted by atomic mass is 35.5. The summed E-state index contributed by atoms with van der Waals surface area (Å²) in [7, 11) is 0. The van der Waals surface area contributed by atoms with Crippen molar-refractivity contribution in [3.8, 4) is 0 Å². The number of carbonyl (C=O) groups excluding carboxylic acids is 2. The maximum Gasteiger partial charge on any atom is 0.416 e. The van der Waals surface area contributed by atoms with Gasteiger partial charge >= 0.3 is 6.18 Å². The van der Waals surface area contributed by atoms with Crippen molar-refractivity contribution in [3.63, 3.8) is 0 Å². The van der Waals surface area contributed by atoms with E-state index >= 15 is 0 Å². The first-order valence-corrected chi connectivity index (χ1v) is 8.16. The van der Waals surface area contributed by atoms with Crippen LogP contribution in [0.3, 0.4) is 0 Å². The van der Waals surface area contributed by atoms with Gasteiger partial charge < -0.3 is 0 Å². The third kappa shape index (κ3) is 3.57. The van der Waals surface area contributed by atoms with Gasteiger partial charge in [-0.05, 0) is 53.7 Å². The van der Waals surface area contributed by atoms with Crippen LogP contribution in [0.25, 0.3) is 6.08 Å². The monoisotopic (exact) mass is 383 g/mol. The number of rotatable bonds is 2. The molecule has 0 bridgehead atoms. The van der Waals surface area contributed by atoms with E-state index in [0.29, 0.717) is 22.5 Å². The summed E-state index contributed by atoms with van der Waals surface area (Å²) in [6, 6.07) is 10.9. The van der Waals surface area contributed by atoms with E-state index in [2.05, 4.69) is 0 Å². The Labute approximate surface area is 150 Å². The number of alkyl halides is 3. The number of thioether (sulfide) groups is 1. The molecule has 128 valence electrons. The molecule has 25 heavy (non-hydrogen) atoms. The zero-order chi connectivity index (χ0) is 18.2. The topological polar surface area (TPSA) is 37.4 Å². The van der Waals surface area contributed by atoms with Gasteiger partial charge in [-0.25, -0.2) is 4.90 Å². The number of halogens is 4. The Morgan fingerprint density at radius 3 is 2.28 bits per heavy atom. The predicted octanol–water partition coefficient (Wildman–Crippen LogP) is 5.60. The molecule has 2 amide bonds. The first-order valence-electron chi connectivity index (χ1n) is 6.97. The van der Waals surface area contributed by atoms with Gasteiger partial charge in [0.1, 0.15) is 0 Å². The Balaban J connectivity index is 1.98. The molecule has 1 fully saturated rings. The van der Waals surface area contributed by atoms with Crippen LogP contribution in [0, 0.1) is 0 Å². The lowest BCUT2D eigenvalue weighted by Crippen LogP contribution is -2.27. The fourth-order valence-corrected chi connectivity index (χ4v) is 3.26. The first kappa shape index (κ1) is 17.6. The second kappa shape index (κ2) is 6.57. The number of hydrogen-bond donors (Lipinski definition) is 0. The molecule has 0 radical (unpaired) electrons. The predicted molar refractivity (Wildman–Crippen MR) is 91.3 cm³/mol. The van der Waals surface area contributed by atoms with E-state index in [-0.39, 0.29) is 10.5 Å². The normalized spacial score (nSPS) is 16.8. The summed E-state index contributed by atoms with van der Waals surface area (Å²) in [4.78, 5) is 25.4. The molecule has 1 saturated heterocycles. The third-order valence-corrected chi connectivity index (χ3v) is 4.55. The van der Waals surface area contributed by atoms with Gasteiger partial charge in [-0.15, -0.1) is 0 Å². The highest BCUT2D eigenvalue weighted by Crippen LogP contribution is 2.38. The molecule has 3 nitrogen and oxygen atoms in total. The van der Waals surface area contributed by atoms with Crippen molar-refractivity contribution < 1.29 is 22.8 Å². The summed E-state index contributed by atoms with van der Waals surface area (Å²) in [6.07, 6.45) is -3.47. The lowest BCUT2D eigenvalue weighted by atomic mass is 10.1. The van der Waals surface area contributed by atoms with Crippen LogP contribution in [0.4, 0.5) is 23.7 Å². The molecule has 2 aromatic carbocycles. The van der Waals surface area contributed by atoms with E-state index in [4.69, 9.17) is 11.6 Å². The minimum atomic E-state index is -4.56. The standard InChI is InChI=1S/C17H9ClF3NO2S/c18-11-5-7-12(8-6-11)22-15(23)14(25-16(22)24)9-10-3-1-2-4-13(10)17(19,20)21/h1-9H/b14-9+. The molecule has 0 spiro atoms. The van der Waals surface area contributed by atoms with E-state index in [0.717, 1.165) is 17.0 Å². The summed E-state index contributed by atoms with van der Waals surface area (Å²) >= 11 is 6.37. The van der Waals surface area contributed by atoms with Gasteiger partial charge in [-0.1, -0.05) is 29.8 Å². The summed E-state index contributed by atoms with van der Waals surface area (Å²) in [5.41, 5.74) is -0.732. The Morgan fingerprint density at radius 2 is 1.64 bits per heavy atom. The lowest BCUT2D eigenvalue weighted by molar-refractivity contribution is -0.137. The molecule has 0 aromatic heterocycles. The molecule has 1 aliphatic rings. The molecule has 3 rings (SSSR count). The largest absolute Gasteiger partial charge is 0.416 e. The van der Waals surface area contributed by atoms with Gasteiger partial charge in [0.25, 0.3) is 11.1 Å². The van der Waals surface area contributed by atoms with Crippen LogP contribution in [0.15, 0.2) is 53.4 Å². The summed E-state index contributed by atoms with van der Waals surface area (Å²) in [5.74, 6) is -0.672. The Hall–Kier alpha value is -2.25. The van der Waals surface area contributed by atoms with Crippen LogP contribution >= 0.6 is 23.4 Å². The number of nitrogens with zero attached hydrogens (tertiary/aromatic N) is 1. The van der Waals surface area contributed by atoms with Crippen molar-refractivity contribution in [1.29, 1.82) is 0 Å². The molecule has 1 heterocycles. The van der Waals surface area contributed by atoms with E-state index < -0.39 is 22.9 Å². The van der Waals surface area contributed by atoms with Crippen molar-refractivity contribution in [1.82, 2.24) is 0 Å². The summed E-state index contributed by atoms with van der Waals surface area (Å²) in [6.45, 7) is 0. The molecule has 1 aliphatic heterocycles. The lowest BCUT2D eigenvalue weighted by Gasteiger charge is -2.12. The molecular formula is C17H9ClF3NO2S. The Kier molecular flexibility index (Phi) is 4.62. The van der Waals surface area contributed by atoms with Gasteiger partial charge in [0.05, 0.1) is 16.2 Å². The van der Waals surface area contributed by atoms with Crippen LogP contribution in [0.5, 0.6) is 0 Å². The zero-order valence-electron chi connectivity index (χ0n) is 12.4. The van der Waals surface area contributed by atoms with Crippen molar-refractivity contribution in [3.05, 3.63) is 69.6 Å². The van der Waals surface area contributed by atoms with Gasteiger partial charge in [-0.3, -0.25) is 9.59 Å². The number of benzene rings is 2. The number of amides is 2. The second-order valence-corrected chi connectivity index (χ2v) is 6.51. The zero-order valence-corrected chi connectivity index (χ0v) is 14.0. The van der Waals surface area contributed by atoms with Crippen LogP contribution in [-0.4, -0.2) is 11.1 Å². The van der Waals surface area contributed by atoms with Crippen molar-refractivity contribution in [2.75, 3.05) is 4.90 Å². The van der Waals surface area contributed by atoms with Gasteiger partial charge in [0.2, 0.25) is 0 Å². The number of hydrogen-bond acceptors (Lipinski definition) is 3. The first-order chi connectivity index (χ1) is 11.8. The summed E-state index contributed by atoms with van der Waals surface area (Å²) in [5, 5.41) is -0.145. The molecule has 8 heteroatoms. The summed E-state index contributed by atoms with van der Waals surface area (Å²) < 4.78 is 39.2. The highest BCUT2D eigenvalue weighted by Gasteiger charge is 2.37. The minimum absolute atomic E-state index is 0.0725. The van der Waals surface area contributed by atoms with E-state index in [1.807, 2.05) is 0 Å². The fraction of sp³-hybridized carbons (Fsp3) is 0.0588. The van der Waals surface area contributed by atoms with E-state index in [9.17, 15) is 22.8 Å². The van der Waals surface area contributed by atoms with Crippen LogP contribution in [0.1, 0.15) is 11.1 Å². The average molecular weight is 384 g/mol. The van der Waals surface area contributed by atoms with Crippen LogP contribution in [0.2, 0.25) is 5.02 Å². The van der Waals surface area contributed by atoms with E-state index in [1.54, 1.807) is 0 Å². The molecular weight excluding hydrogens is 375 g/mol. The van der Waals surface area contributed by atoms with Gasteiger partial charge in [0, 0.05) is 5.02 Å².